The highest BCUT2D eigenvalue weighted by Crippen LogP contribution is 2.34. The molecule has 1 fully saturated rings. The van der Waals surface area contributed by atoms with Crippen LogP contribution in [0.2, 0.25) is 0 Å². The highest BCUT2D eigenvalue weighted by atomic mass is 16.5. The Morgan fingerprint density at radius 2 is 1.61 bits per heavy atom. The molecule has 0 unspecified atom stereocenters. The van der Waals surface area contributed by atoms with Crippen LogP contribution >= 0.6 is 0 Å². The quantitative estimate of drug-likeness (QED) is 0.364. The summed E-state index contributed by atoms with van der Waals surface area (Å²) in [7, 11) is 0. The molecule has 0 bridgehead atoms. The predicted octanol–water partition coefficient (Wildman–Crippen LogP) is 5.77. The Bertz CT molecular complexity index is 1160. The molecule has 0 atom stereocenters. The number of amides is 1. The molecule has 5 rings (SSSR count). The molecule has 6 nitrogen and oxygen atoms in total. The van der Waals surface area contributed by atoms with Crippen LogP contribution in [0.4, 0.5) is 5.88 Å². The van der Waals surface area contributed by atoms with E-state index in [9.17, 15) is 4.79 Å². The molecular formula is C27H27N3O3. The Kier molecular flexibility index (Phi) is 6.24. The van der Waals surface area contributed by atoms with Gasteiger partial charge in [-0.2, -0.15) is 0 Å². The zero-order chi connectivity index (χ0) is 22.5. The molecule has 3 heterocycles. The Morgan fingerprint density at radius 3 is 2.30 bits per heavy atom. The summed E-state index contributed by atoms with van der Waals surface area (Å²) in [5.74, 6) is 1.44. The summed E-state index contributed by atoms with van der Waals surface area (Å²) < 4.78 is 11.5. The lowest BCUT2D eigenvalue weighted by atomic mass is 10.0. The van der Waals surface area contributed by atoms with Crippen LogP contribution in [0.3, 0.4) is 0 Å². The van der Waals surface area contributed by atoms with Crippen molar-refractivity contribution < 1.29 is 13.7 Å². The zero-order valence-electron chi connectivity index (χ0n) is 18.5. The van der Waals surface area contributed by atoms with Crippen LogP contribution in [0, 0.1) is 0 Å². The van der Waals surface area contributed by atoms with Crippen molar-refractivity contribution >= 4 is 11.8 Å². The van der Waals surface area contributed by atoms with Crippen LogP contribution in [-0.4, -0.2) is 29.1 Å². The summed E-state index contributed by atoms with van der Waals surface area (Å²) in [4.78, 5) is 17.6. The number of benzene rings is 2. The fraction of sp³-hybridized carbons (Fsp3) is 0.259. The number of hydrogen-bond donors (Lipinski definition) is 0. The molecule has 1 saturated heterocycles. The first-order chi connectivity index (χ1) is 16.3. The van der Waals surface area contributed by atoms with Crippen molar-refractivity contribution in [1.82, 2.24) is 10.1 Å². The standard InChI is InChI=1S/C27H27N3O3/c31-26(22-13-6-2-7-14-22)30(19-23-15-10-18-32-23)20-24-25(21-11-4-1-5-12-21)28-33-27(24)29-16-8-3-9-17-29/h1-2,4-7,10-15,18H,3,8-9,16-17,19-20H2. The Hall–Kier alpha value is -3.80. The van der Waals surface area contributed by atoms with Crippen molar-refractivity contribution in [3.63, 3.8) is 0 Å². The van der Waals surface area contributed by atoms with Crippen LogP contribution in [0.25, 0.3) is 11.3 Å². The van der Waals surface area contributed by atoms with Gasteiger partial charge < -0.3 is 18.7 Å². The van der Waals surface area contributed by atoms with Gasteiger partial charge in [0.2, 0.25) is 5.88 Å². The van der Waals surface area contributed by atoms with Gasteiger partial charge in [0.25, 0.3) is 5.91 Å². The average Bonchev–Trinajstić information content (AvgIpc) is 3.55. The van der Waals surface area contributed by atoms with E-state index in [1.165, 1.54) is 6.42 Å². The van der Waals surface area contributed by atoms with Gasteiger partial charge >= 0.3 is 0 Å². The minimum Gasteiger partial charge on any atom is -0.467 e. The van der Waals surface area contributed by atoms with E-state index in [4.69, 9.17) is 8.94 Å². The van der Waals surface area contributed by atoms with E-state index in [1.807, 2.05) is 72.8 Å². The SMILES string of the molecule is O=C(c1ccccc1)N(Cc1ccco1)Cc1c(-c2ccccc2)noc1N1CCCCC1. The summed E-state index contributed by atoms with van der Waals surface area (Å²) >= 11 is 0. The Morgan fingerprint density at radius 1 is 0.879 bits per heavy atom. The number of anilines is 1. The number of hydrogen-bond acceptors (Lipinski definition) is 5. The third-order valence-electron chi connectivity index (χ3n) is 6.04. The molecule has 0 saturated carbocycles. The van der Waals surface area contributed by atoms with Gasteiger partial charge in [-0.25, -0.2) is 0 Å². The van der Waals surface area contributed by atoms with Gasteiger partial charge in [0.1, 0.15) is 11.5 Å². The first-order valence-electron chi connectivity index (χ1n) is 11.5. The van der Waals surface area contributed by atoms with E-state index in [0.717, 1.165) is 54.4 Å². The summed E-state index contributed by atoms with van der Waals surface area (Å²) in [6.45, 7) is 2.59. The van der Waals surface area contributed by atoms with Gasteiger partial charge in [-0.15, -0.1) is 0 Å². The summed E-state index contributed by atoms with van der Waals surface area (Å²) in [6, 6.07) is 23.1. The monoisotopic (exact) mass is 441 g/mol. The van der Waals surface area contributed by atoms with Crippen LogP contribution in [-0.2, 0) is 13.1 Å². The van der Waals surface area contributed by atoms with Crippen molar-refractivity contribution in [3.05, 3.63) is 95.9 Å². The van der Waals surface area contributed by atoms with E-state index >= 15 is 0 Å². The molecule has 2 aromatic carbocycles. The van der Waals surface area contributed by atoms with Crippen LogP contribution in [0.15, 0.2) is 88.0 Å². The number of piperidine rings is 1. The second kappa shape index (κ2) is 9.77. The topological polar surface area (TPSA) is 62.7 Å². The first kappa shape index (κ1) is 21.1. The van der Waals surface area contributed by atoms with Crippen LogP contribution in [0.5, 0.6) is 0 Å². The lowest BCUT2D eigenvalue weighted by molar-refractivity contribution is 0.0718. The smallest absolute Gasteiger partial charge is 0.254 e. The van der Waals surface area contributed by atoms with Crippen molar-refractivity contribution in [2.75, 3.05) is 18.0 Å². The molecule has 1 aliphatic rings. The first-order valence-corrected chi connectivity index (χ1v) is 11.5. The number of carbonyl (C=O) groups excluding carboxylic acids is 1. The number of rotatable bonds is 7. The van der Waals surface area contributed by atoms with Crippen LogP contribution < -0.4 is 4.90 Å². The fourth-order valence-corrected chi connectivity index (χ4v) is 4.36. The Balaban J connectivity index is 1.54. The molecule has 4 aromatic rings. The third-order valence-corrected chi connectivity index (χ3v) is 6.04. The van der Waals surface area contributed by atoms with E-state index in [1.54, 1.807) is 11.2 Å². The zero-order valence-corrected chi connectivity index (χ0v) is 18.5. The highest BCUT2D eigenvalue weighted by molar-refractivity contribution is 5.94. The molecule has 0 spiro atoms. The molecular weight excluding hydrogens is 414 g/mol. The van der Waals surface area contributed by atoms with Crippen molar-refractivity contribution in [3.8, 4) is 11.3 Å². The molecule has 0 aliphatic carbocycles. The number of furan rings is 1. The largest absolute Gasteiger partial charge is 0.467 e. The van der Waals surface area contributed by atoms with Gasteiger partial charge in [-0.1, -0.05) is 53.7 Å². The maximum absolute atomic E-state index is 13.6. The third kappa shape index (κ3) is 4.70. The molecule has 168 valence electrons. The maximum Gasteiger partial charge on any atom is 0.254 e. The lowest BCUT2D eigenvalue weighted by Crippen LogP contribution is -2.33. The van der Waals surface area contributed by atoms with Gasteiger partial charge in [-0.05, 0) is 43.5 Å². The predicted molar refractivity (Wildman–Crippen MR) is 127 cm³/mol. The second-order valence-corrected chi connectivity index (χ2v) is 8.34. The number of nitrogens with zero attached hydrogens (tertiary/aromatic N) is 3. The molecule has 2 aromatic heterocycles. The van der Waals surface area contributed by atoms with Gasteiger partial charge in [0.05, 0.1) is 24.9 Å². The normalized spacial score (nSPS) is 13.8. The number of carbonyl (C=O) groups is 1. The molecule has 0 N–H and O–H groups in total. The molecule has 6 heteroatoms. The molecule has 1 aliphatic heterocycles. The second-order valence-electron chi connectivity index (χ2n) is 8.34. The summed E-state index contributed by atoms with van der Waals surface area (Å²) in [6.07, 6.45) is 5.11. The van der Waals surface area contributed by atoms with Gasteiger partial charge in [0.15, 0.2) is 0 Å². The molecule has 1 amide bonds. The van der Waals surface area contributed by atoms with E-state index in [0.29, 0.717) is 18.7 Å². The number of aromatic nitrogens is 1. The molecule has 0 radical (unpaired) electrons. The maximum atomic E-state index is 13.6. The van der Waals surface area contributed by atoms with Gasteiger partial charge in [-0.3, -0.25) is 4.79 Å². The van der Waals surface area contributed by atoms with Crippen molar-refractivity contribution in [2.24, 2.45) is 0 Å². The van der Waals surface area contributed by atoms with E-state index in [-0.39, 0.29) is 5.91 Å². The highest BCUT2D eigenvalue weighted by Gasteiger charge is 2.28. The molecule has 33 heavy (non-hydrogen) atoms. The Labute approximate surface area is 193 Å². The van der Waals surface area contributed by atoms with Crippen molar-refractivity contribution in [2.45, 2.75) is 32.4 Å². The summed E-state index contributed by atoms with van der Waals surface area (Å²) in [5.41, 5.74) is 3.33. The summed E-state index contributed by atoms with van der Waals surface area (Å²) in [5, 5.41) is 4.47. The van der Waals surface area contributed by atoms with Crippen LogP contribution in [0.1, 0.15) is 40.9 Å². The minimum atomic E-state index is -0.0585. The minimum absolute atomic E-state index is 0.0585. The average molecular weight is 442 g/mol. The fourth-order valence-electron chi connectivity index (χ4n) is 4.36. The van der Waals surface area contributed by atoms with Crippen molar-refractivity contribution in [1.29, 1.82) is 0 Å². The van der Waals surface area contributed by atoms with Gasteiger partial charge in [0, 0.05) is 24.2 Å². The van der Waals surface area contributed by atoms with E-state index in [2.05, 4.69) is 10.1 Å². The van der Waals surface area contributed by atoms with E-state index < -0.39 is 0 Å². The lowest BCUT2D eigenvalue weighted by Gasteiger charge is -2.28.